The van der Waals surface area contributed by atoms with Crippen molar-refractivity contribution >= 4 is 17.6 Å². The Kier molecular flexibility index (Phi) is 4.83. The van der Waals surface area contributed by atoms with Crippen LogP contribution >= 0.6 is 11.8 Å². The molecule has 1 aliphatic rings. The van der Waals surface area contributed by atoms with E-state index < -0.39 is 0 Å². The predicted molar refractivity (Wildman–Crippen MR) is 91.0 cm³/mol. The van der Waals surface area contributed by atoms with Crippen LogP contribution in [0.25, 0.3) is 0 Å². The highest BCUT2D eigenvalue weighted by Gasteiger charge is 2.25. The number of anilines is 1. The van der Waals surface area contributed by atoms with Crippen LogP contribution in [-0.2, 0) is 0 Å². The number of hydrogen-bond donors (Lipinski definition) is 0. The molecule has 0 amide bonds. The average Bonchev–Trinajstić information content (AvgIpc) is 3.06. The Labute approximate surface area is 135 Å². The first-order valence-corrected chi connectivity index (χ1v) is 8.62. The monoisotopic (exact) mass is 315 g/mol. The quantitative estimate of drug-likeness (QED) is 0.788. The van der Waals surface area contributed by atoms with Gasteiger partial charge in [0.15, 0.2) is 0 Å². The van der Waals surface area contributed by atoms with Crippen LogP contribution in [0.2, 0.25) is 0 Å². The van der Waals surface area contributed by atoms with Crippen molar-refractivity contribution in [1.82, 2.24) is 9.97 Å². The van der Waals surface area contributed by atoms with Gasteiger partial charge in [-0.3, -0.25) is 4.98 Å². The molecule has 2 heterocycles. The molecule has 1 fully saturated rings. The Morgan fingerprint density at radius 2 is 2.09 bits per heavy atom. The maximum absolute atomic E-state index is 5.23. The predicted octanol–water partition coefficient (Wildman–Crippen LogP) is 3.59. The molecule has 3 rings (SSSR count). The van der Waals surface area contributed by atoms with Gasteiger partial charge in [-0.05, 0) is 29.9 Å². The summed E-state index contributed by atoms with van der Waals surface area (Å²) in [6, 6.07) is 8.41. The lowest BCUT2D eigenvalue weighted by Crippen LogP contribution is -2.20. The van der Waals surface area contributed by atoms with Gasteiger partial charge in [-0.1, -0.05) is 19.1 Å². The van der Waals surface area contributed by atoms with E-state index in [-0.39, 0.29) is 0 Å². The first-order valence-electron chi connectivity index (χ1n) is 7.64. The van der Waals surface area contributed by atoms with Crippen molar-refractivity contribution in [2.24, 2.45) is 0 Å². The van der Waals surface area contributed by atoms with Gasteiger partial charge in [0.25, 0.3) is 0 Å². The second-order valence-electron chi connectivity index (χ2n) is 5.35. The van der Waals surface area contributed by atoms with Gasteiger partial charge < -0.3 is 9.64 Å². The highest BCUT2D eigenvalue weighted by atomic mass is 32.2. The minimum atomic E-state index is 0.551. The number of methoxy groups -OCH3 is 1. The van der Waals surface area contributed by atoms with E-state index in [0.717, 1.165) is 41.9 Å². The third-order valence-electron chi connectivity index (χ3n) is 3.99. The largest absolute Gasteiger partial charge is 0.497 e. The highest BCUT2D eigenvalue weighted by molar-refractivity contribution is 7.99. The molecule has 5 heteroatoms. The fourth-order valence-electron chi connectivity index (χ4n) is 2.82. The zero-order valence-electron chi connectivity index (χ0n) is 13.0. The third kappa shape index (κ3) is 3.35. The number of thioether (sulfide) groups is 1. The second-order valence-corrected chi connectivity index (χ2v) is 6.64. The fraction of sp³-hybridized carbons (Fsp3) is 0.412. The summed E-state index contributed by atoms with van der Waals surface area (Å²) in [5.41, 5.74) is 1.37. The van der Waals surface area contributed by atoms with Gasteiger partial charge in [-0.25, -0.2) is 4.98 Å². The summed E-state index contributed by atoms with van der Waals surface area (Å²) in [5, 5.41) is 1.01. The van der Waals surface area contributed by atoms with E-state index in [1.807, 2.05) is 24.5 Å². The summed E-state index contributed by atoms with van der Waals surface area (Å²) in [4.78, 5) is 11.4. The van der Waals surface area contributed by atoms with Gasteiger partial charge >= 0.3 is 0 Å². The van der Waals surface area contributed by atoms with Crippen molar-refractivity contribution in [1.29, 1.82) is 0 Å². The molecular weight excluding hydrogens is 294 g/mol. The Balaban J connectivity index is 1.69. The summed E-state index contributed by atoms with van der Waals surface area (Å²) in [5.74, 6) is 3.48. The van der Waals surface area contributed by atoms with E-state index in [9.17, 15) is 0 Å². The molecule has 0 bridgehead atoms. The molecular formula is C17H21N3OS. The molecule has 1 aromatic carbocycles. The van der Waals surface area contributed by atoms with Crippen LogP contribution in [0.15, 0.2) is 41.7 Å². The number of hydrogen-bond acceptors (Lipinski definition) is 5. The average molecular weight is 315 g/mol. The van der Waals surface area contributed by atoms with E-state index >= 15 is 0 Å². The van der Waals surface area contributed by atoms with E-state index in [1.165, 1.54) is 5.56 Å². The number of nitrogens with zero attached hydrogens (tertiary/aromatic N) is 3. The van der Waals surface area contributed by atoms with Crippen LogP contribution in [0.1, 0.15) is 24.8 Å². The van der Waals surface area contributed by atoms with Crippen LogP contribution in [0.5, 0.6) is 5.75 Å². The van der Waals surface area contributed by atoms with E-state index in [0.29, 0.717) is 5.92 Å². The summed E-state index contributed by atoms with van der Waals surface area (Å²) in [6.07, 6.45) is 4.87. The lowest BCUT2D eigenvalue weighted by atomic mass is 9.98. The molecule has 116 valence electrons. The maximum Gasteiger partial charge on any atom is 0.148 e. The van der Waals surface area contributed by atoms with Crippen molar-refractivity contribution in [2.45, 2.75) is 24.3 Å². The van der Waals surface area contributed by atoms with Crippen LogP contribution in [0.4, 0.5) is 5.82 Å². The molecule has 1 atom stereocenters. The molecule has 0 unspecified atom stereocenters. The molecule has 1 saturated heterocycles. The number of aromatic nitrogens is 2. The van der Waals surface area contributed by atoms with Crippen molar-refractivity contribution in [3.8, 4) is 5.75 Å². The van der Waals surface area contributed by atoms with Crippen molar-refractivity contribution in [3.05, 3.63) is 42.2 Å². The van der Waals surface area contributed by atoms with Gasteiger partial charge in [0.1, 0.15) is 16.6 Å². The lowest BCUT2D eigenvalue weighted by Gasteiger charge is -2.18. The third-order valence-corrected chi connectivity index (χ3v) is 4.77. The van der Waals surface area contributed by atoms with Crippen molar-refractivity contribution < 1.29 is 4.74 Å². The molecule has 22 heavy (non-hydrogen) atoms. The Morgan fingerprint density at radius 3 is 2.82 bits per heavy atom. The van der Waals surface area contributed by atoms with Crippen LogP contribution in [-0.4, -0.2) is 35.9 Å². The molecule has 0 aliphatic carbocycles. The molecule has 0 radical (unpaired) electrons. The highest BCUT2D eigenvalue weighted by Crippen LogP contribution is 2.31. The van der Waals surface area contributed by atoms with Gasteiger partial charge in [0.05, 0.1) is 19.5 Å². The Morgan fingerprint density at radius 1 is 1.27 bits per heavy atom. The van der Waals surface area contributed by atoms with Gasteiger partial charge in [-0.15, -0.1) is 11.8 Å². The molecule has 0 N–H and O–H groups in total. The van der Waals surface area contributed by atoms with E-state index in [4.69, 9.17) is 9.72 Å². The van der Waals surface area contributed by atoms with Gasteiger partial charge in [0.2, 0.25) is 0 Å². The second kappa shape index (κ2) is 7.01. The normalized spacial score (nSPS) is 17.7. The summed E-state index contributed by atoms with van der Waals surface area (Å²) >= 11 is 1.74. The Bertz CT molecular complexity index is 618. The minimum absolute atomic E-state index is 0.551. The number of rotatable bonds is 5. The van der Waals surface area contributed by atoms with Crippen LogP contribution in [0, 0.1) is 0 Å². The first-order chi connectivity index (χ1) is 10.8. The SMILES string of the molecule is CCSc1cncc(N2CC[C@@H](c3ccc(OC)cc3)C2)n1. The van der Waals surface area contributed by atoms with E-state index in [1.54, 1.807) is 18.9 Å². The summed E-state index contributed by atoms with van der Waals surface area (Å²) < 4.78 is 5.23. The van der Waals surface area contributed by atoms with E-state index in [2.05, 4.69) is 28.9 Å². The first kappa shape index (κ1) is 15.2. The molecule has 2 aromatic rings. The van der Waals surface area contributed by atoms with Crippen LogP contribution in [0.3, 0.4) is 0 Å². The smallest absolute Gasteiger partial charge is 0.148 e. The number of ether oxygens (including phenoxy) is 1. The molecule has 4 nitrogen and oxygen atoms in total. The topological polar surface area (TPSA) is 38.2 Å². The molecule has 1 aromatic heterocycles. The number of benzene rings is 1. The summed E-state index contributed by atoms with van der Waals surface area (Å²) in [7, 11) is 1.70. The van der Waals surface area contributed by atoms with Crippen molar-refractivity contribution in [3.63, 3.8) is 0 Å². The summed E-state index contributed by atoms with van der Waals surface area (Å²) in [6.45, 7) is 4.17. The molecule has 0 saturated carbocycles. The standard InChI is InChI=1S/C17H21N3OS/c1-3-22-17-11-18-10-16(19-17)20-9-8-14(12-20)13-4-6-15(21-2)7-5-13/h4-7,10-11,14H,3,8-9,12H2,1-2H3/t14-/m1/s1. The van der Waals surface area contributed by atoms with Crippen LogP contribution < -0.4 is 9.64 Å². The fourth-order valence-corrected chi connectivity index (χ4v) is 3.41. The van der Waals surface area contributed by atoms with Gasteiger partial charge in [-0.2, -0.15) is 0 Å². The van der Waals surface area contributed by atoms with Gasteiger partial charge in [0, 0.05) is 19.0 Å². The van der Waals surface area contributed by atoms with Crippen molar-refractivity contribution in [2.75, 3.05) is 30.9 Å². The Hall–Kier alpha value is -1.75. The molecule has 1 aliphatic heterocycles. The zero-order chi connectivity index (χ0) is 15.4. The maximum atomic E-state index is 5.23. The zero-order valence-corrected chi connectivity index (χ0v) is 13.8. The molecule has 0 spiro atoms. The minimum Gasteiger partial charge on any atom is -0.497 e. The lowest BCUT2D eigenvalue weighted by molar-refractivity contribution is 0.414.